The van der Waals surface area contributed by atoms with Crippen LogP contribution in [0.3, 0.4) is 0 Å². The molecule has 6 heteroatoms. The molecule has 2 heterocycles. The van der Waals surface area contributed by atoms with Gasteiger partial charge in [0.05, 0.1) is 10.7 Å². The molecule has 3 rings (SSSR count). The van der Waals surface area contributed by atoms with E-state index in [1.807, 2.05) is 32.0 Å². The van der Waals surface area contributed by atoms with Gasteiger partial charge in [0.2, 0.25) is 5.88 Å². The Hall–Kier alpha value is -2.01. The van der Waals surface area contributed by atoms with Gasteiger partial charge in [-0.1, -0.05) is 11.6 Å². The summed E-state index contributed by atoms with van der Waals surface area (Å²) >= 11 is 6.19. The Bertz CT molecular complexity index is 676. The maximum atomic E-state index is 6.19. The zero-order valence-electron chi connectivity index (χ0n) is 11.9. The first-order chi connectivity index (χ1) is 10.1. The van der Waals surface area contributed by atoms with Crippen molar-refractivity contribution >= 4 is 11.6 Å². The molecule has 5 nitrogen and oxygen atoms in total. The van der Waals surface area contributed by atoms with Crippen molar-refractivity contribution < 1.29 is 14.2 Å². The zero-order chi connectivity index (χ0) is 14.8. The molecule has 0 amide bonds. The summed E-state index contributed by atoms with van der Waals surface area (Å²) in [7, 11) is 0. The van der Waals surface area contributed by atoms with E-state index in [0.29, 0.717) is 42.2 Å². The minimum atomic E-state index is 0.341. The molecule has 2 aromatic rings. The van der Waals surface area contributed by atoms with Gasteiger partial charge < -0.3 is 14.2 Å². The standard InChI is InChI=1S/C15H15ClN2O3/c1-9-5-14(18-17-10(9)2)21-8-11-6-12(16)15-13(7-11)19-3-4-20-15/h5-7H,3-4,8H2,1-2H3. The molecule has 1 aliphatic rings. The Balaban J connectivity index is 1.76. The first-order valence-electron chi connectivity index (χ1n) is 6.65. The van der Waals surface area contributed by atoms with Crippen LogP contribution in [0.4, 0.5) is 0 Å². The van der Waals surface area contributed by atoms with Gasteiger partial charge in [0.1, 0.15) is 19.8 Å². The maximum absolute atomic E-state index is 6.19. The van der Waals surface area contributed by atoms with Crippen LogP contribution in [0, 0.1) is 13.8 Å². The summed E-state index contributed by atoms with van der Waals surface area (Å²) in [5, 5.41) is 8.56. The monoisotopic (exact) mass is 306 g/mol. The number of ether oxygens (including phenoxy) is 3. The summed E-state index contributed by atoms with van der Waals surface area (Å²) < 4.78 is 16.7. The van der Waals surface area contributed by atoms with Gasteiger partial charge in [-0.25, -0.2) is 0 Å². The number of aryl methyl sites for hydroxylation is 2. The van der Waals surface area contributed by atoms with Gasteiger partial charge in [-0.05, 0) is 37.1 Å². The van der Waals surface area contributed by atoms with Crippen molar-refractivity contribution in [2.24, 2.45) is 0 Å². The third-order valence-electron chi connectivity index (χ3n) is 3.25. The molecule has 1 aromatic heterocycles. The lowest BCUT2D eigenvalue weighted by Crippen LogP contribution is -2.16. The van der Waals surface area contributed by atoms with E-state index in [4.69, 9.17) is 25.8 Å². The highest BCUT2D eigenvalue weighted by Crippen LogP contribution is 2.38. The molecular formula is C15H15ClN2O3. The Morgan fingerprint density at radius 2 is 1.95 bits per heavy atom. The molecule has 0 saturated carbocycles. The SMILES string of the molecule is Cc1cc(OCc2cc(Cl)c3c(c2)OCCO3)nnc1C. The Morgan fingerprint density at radius 1 is 1.14 bits per heavy atom. The third kappa shape index (κ3) is 3.03. The molecule has 0 spiro atoms. The number of fused-ring (bicyclic) bond motifs is 1. The molecule has 0 radical (unpaired) electrons. The number of hydrogen-bond donors (Lipinski definition) is 0. The predicted molar refractivity (Wildman–Crippen MR) is 78.3 cm³/mol. The van der Waals surface area contributed by atoms with Crippen molar-refractivity contribution in [1.29, 1.82) is 0 Å². The van der Waals surface area contributed by atoms with Gasteiger partial charge in [-0.3, -0.25) is 0 Å². The molecule has 0 bridgehead atoms. The molecule has 0 aliphatic carbocycles. The van der Waals surface area contributed by atoms with E-state index in [1.54, 1.807) is 0 Å². The molecule has 1 aliphatic heterocycles. The lowest BCUT2D eigenvalue weighted by Gasteiger charge is -2.20. The Labute approximate surface area is 127 Å². The number of halogens is 1. The highest BCUT2D eigenvalue weighted by atomic mass is 35.5. The second kappa shape index (κ2) is 5.77. The van der Waals surface area contributed by atoms with Crippen LogP contribution in [-0.4, -0.2) is 23.4 Å². The van der Waals surface area contributed by atoms with Crippen molar-refractivity contribution in [3.8, 4) is 17.4 Å². The normalized spacial score (nSPS) is 13.1. The van der Waals surface area contributed by atoms with Crippen LogP contribution >= 0.6 is 11.6 Å². The number of hydrogen-bond acceptors (Lipinski definition) is 5. The van der Waals surface area contributed by atoms with Crippen molar-refractivity contribution in [1.82, 2.24) is 10.2 Å². The van der Waals surface area contributed by atoms with Gasteiger partial charge in [0, 0.05) is 6.07 Å². The molecule has 0 fully saturated rings. The molecule has 0 unspecified atom stereocenters. The fourth-order valence-corrected chi connectivity index (χ4v) is 2.28. The fourth-order valence-electron chi connectivity index (χ4n) is 2.00. The van der Waals surface area contributed by atoms with E-state index in [1.165, 1.54) is 0 Å². The van der Waals surface area contributed by atoms with E-state index in [2.05, 4.69) is 10.2 Å². The van der Waals surface area contributed by atoms with Crippen LogP contribution in [0.15, 0.2) is 18.2 Å². The van der Waals surface area contributed by atoms with Crippen LogP contribution in [0.25, 0.3) is 0 Å². The second-order valence-electron chi connectivity index (χ2n) is 4.84. The largest absolute Gasteiger partial charge is 0.486 e. The van der Waals surface area contributed by atoms with Crippen LogP contribution in [-0.2, 0) is 6.61 Å². The summed E-state index contributed by atoms with van der Waals surface area (Å²) in [5.74, 6) is 1.74. The van der Waals surface area contributed by atoms with Crippen LogP contribution in [0.1, 0.15) is 16.8 Å². The van der Waals surface area contributed by atoms with Crippen LogP contribution in [0.2, 0.25) is 5.02 Å². The van der Waals surface area contributed by atoms with Crippen molar-refractivity contribution in [3.05, 3.63) is 40.0 Å². The summed E-state index contributed by atoms with van der Waals surface area (Å²) in [4.78, 5) is 0. The van der Waals surface area contributed by atoms with Crippen molar-refractivity contribution in [3.63, 3.8) is 0 Å². The van der Waals surface area contributed by atoms with Gasteiger partial charge >= 0.3 is 0 Å². The Kier molecular flexibility index (Phi) is 3.84. The first-order valence-corrected chi connectivity index (χ1v) is 7.03. The number of rotatable bonds is 3. The quantitative estimate of drug-likeness (QED) is 0.872. The van der Waals surface area contributed by atoms with E-state index in [-0.39, 0.29) is 0 Å². The van der Waals surface area contributed by atoms with Crippen LogP contribution < -0.4 is 14.2 Å². The fraction of sp³-hybridized carbons (Fsp3) is 0.333. The zero-order valence-corrected chi connectivity index (χ0v) is 12.6. The number of benzene rings is 1. The van der Waals surface area contributed by atoms with Gasteiger partial charge in [-0.2, -0.15) is 5.10 Å². The number of nitrogens with zero attached hydrogens (tertiary/aromatic N) is 2. The van der Waals surface area contributed by atoms with Crippen molar-refractivity contribution in [2.75, 3.05) is 13.2 Å². The summed E-state index contributed by atoms with van der Waals surface area (Å²) in [6.07, 6.45) is 0. The van der Waals surface area contributed by atoms with Crippen molar-refractivity contribution in [2.45, 2.75) is 20.5 Å². The Morgan fingerprint density at radius 3 is 2.76 bits per heavy atom. The number of aromatic nitrogens is 2. The van der Waals surface area contributed by atoms with E-state index < -0.39 is 0 Å². The minimum Gasteiger partial charge on any atom is -0.486 e. The molecule has 0 N–H and O–H groups in total. The molecule has 0 saturated heterocycles. The highest BCUT2D eigenvalue weighted by molar-refractivity contribution is 6.32. The highest BCUT2D eigenvalue weighted by Gasteiger charge is 2.16. The summed E-state index contributed by atoms with van der Waals surface area (Å²) in [5.41, 5.74) is 2.83. The maximum Gasteiger partial charge on any atom is 0.233 e. The molecular weight excluding hydrogens is 292 g/mol. The topological polar surface area (TPSA) is 53.5 Å². The summed E-state index contributed by atoms with van der Waals surface area (Å²) in [6.45, 7) is 5.26. The van der Waals surface area contributed by atoms with Gasteiger partial charge in [0.15, 0.2) is 11.5 Å². The lowest BCUT2D eigenvalue weighted by molar-refractivity contribution is 0.171. The van der Waals surface area contributed by atoms with Crippen LogP contribution in [0.5, 0.6) is 17.4 Å². The van der Waals surface area contributed by atoms with E-state index in [9.17, 15) is 0 Å². The lowest BCUT2D eigenvalue weighted by atomic mass is 10.2. The molecule has 21 heavy (non-hydrogen) atoms. The van der Waals surface area contributed by atoms with Gasteiger partial charge in [0.25, 0.3) is 0 Å². The molecule has 1 aromatic carbocycles. The second-order valence-corrected chi connectivity index (χ2v) is 5.25. The predicted octanol–water partition coefficient (Wildman–Crippen LogP) is 3.10. The minimum absolute atomic E-state index is 0.341. The average molecular weight is 307 g/mol. The van der Waals surface area contributed by atoms with E-state index >= 15 is 0 Å². The van der Waals surface area contributed by atoms with Gasteiger partial charge in [-0.15, -0.1) is 5.10 Å². The third-order valence-corrected chi connectivity index (χ3v) is 3.53. The van der Waals surface area contributed by atoms with E-state index in [0.717, 1.165) is 16.8 Å². The average Bonchev–Trinajstić information content (AvgIpc) is 2.49. The molecule has 110 valence electrons. The first kappa shape index (κ1) is 13.9. The molecule has 0 atom stereocenters. The summed E-state index contributed by atoms with van der Waals surface area (Å²) in [6, 6.07) is 5.54. The smallest absolute Gasteiger partial charge is 0.233 e.